The molecule has 20 heavy (non-hydrogen) atoms. The number of benzene rings is 1. The Bertz CT molecular complexity index is 696. The molecule has 0 radical (unpaired) electrons. The Labute approximate surface area is 116 Å². The minimum Gasteiger partial charge on any atom is -0.480 e. The molecule has 1 rings (SSSR count). The predicted octanol–water partition coefficient (Wildman–Crippen LogP) is -0.189. The summed E-state index contributed by atoms with van der Waals surface area (Å²) >= 11 is 0. The number of nitrogens with one attached hydrogen (secondary N) is 2. The fraction of sp³-hybridized carbons (Fsp3) is 0.300. The Hall–Kier alpha value is -1.65. The molecular formula is C10H14N2O6S2. The second kappa shape index (κ2) is 6.20. The number of aliphatic carboxylic acids is 1. The molecule has 0 fully saturated rings. The lowest BCUT2D eigenvalue weighted by atomic mass is 10.3. The third-order valence-electron chi connectivity index (χ3n) is 2.09. The Morgan fingerprint density at radius 2 is 1.80 bits per heavy atom. The summed E-state index contributed by atoms with van der Waals surface area (Å²) in [5.41, 5.74) is -0.199. The first-order valence-electron chi connectivity index (χ1n) is 5.49. The van der Waals surface area contributed by atoms with Crippen molar-refractivity contribution in [3.63, 3.8) is 0 Å². The standard InChI is InChI=1S/C10H14N2O6S2/c1-2-11-20(17,18)9-6-4-3-5-8(9)12-19(15,16)7-10(13)14/h3-6,11-12H,2,7H2,1H3,(H,13,14). The van der Waals surface area contributed by atoms with Gasteiger partial charge in [0.05, 0.1) is 5.69 Å². The van der Waals surface area contributed by atoms with Gasteiger partial charge in [-0.05, 0) is 12.1 Å². The Morgan fingerprint density at radius 1 is 1.20 bits per heavy atom. The lowest BCUT2D eigenvalue weighted by Gasteiger charge is -2.12. The van der Waals surface area contributed by atoms with Gasteiger partial charge < -0.3 is 5.11 Å². The van der Waals surface area contributed by atoms with Gasteiger partial charge >= 0.3 is 5.97 Å². The van der Waals surface area contributed by atoms with Gasteiger partial charge in [-0.15, -0.1) is 0 Å². The summed E-state index contributed by atoms with van der Waals surface area (Å²) in [6.45, 7) is 1.72. The van der Waals surface area contributed by atoms with Crippen molar-refractivity contribution in [2.45, 2.75) is 11.8 Å². The fourth-order valence-electron chi connectivity index (χ4n) is 1.42. The van der Waals surface area contributed by atoms with Gasteiger partial charge in [-0.25, -0.2) is 21.6 Å². The predicted molar refractivity (Wildman–Crippen MR) is 72.3 cm³/mol. The molecule has 0 saturated heterocycles. The van der Waals surface area contributed by atoms with E-state index in [-0.39, 0.29) is 17.1 Å². The number of sulfonamides is 2. The first kappa shape index (κ1) is 16.4. The maximum absolute atomic E-state index is 11.9. The van der Waals surface area contributed by atoms with Gasteiger partial charge in [-0.2, -0.15) is 0 Å². The first-order valence-corrected chi connectivity index (χ1v) is 8.62. The quantitative estimate of drug-likeness (QED) is 0.638. The van der Waals surface area contributed by atoms with E-state index < -0.39 is 31.8 Å². The van der Waals surface area contributed by atoms with Crippen LogP contribution in [-0.2, 0) is 24.8 Å². The molecule has 3 N–H and O–H groups in total. The molecule has 0 amide bonds. The fourth-order valence-corrected chi connectivity index (χ4v) is 3.60. The van der Waals surface area contributed by atoms with Crippen LogP contribution in [-0.4, -0.2) is 40.2 Å². The second-order valence-corrected chi connectivity index (χ2v) is 7.21. The molecule has 10 heteroatoms. The Balaban J connectivity index is 3.19. The molecule has 0 unspecified atom stereocenters. The van der Waals surface area contributed by atoms with Crippen LogP contribution in [0.25, 0.3) is 0 Å². The summed E-state index contributed by atoms with van der Waals surface area (Å²) in [4.78, 5) is 10.2. The third-order valence-corrected chi connectivity index (χ3v) is 4.85. The van der Waals surface area contributed by atoms with Gasteiger partial charge in [0.15, 0.2) is 5.75 Å². The van der Waals surface area contributed by atoms with E-state index >= 15 is 0 Å². The largest absolute Gasteiger partial charge is 0.480 e. The van der Waals surface area contributed by atoms with Crippen LogP contribution in [0.15, 0.2) is 29.2 Å². The lowest BCUT2D eigenvalue weighted by Crippen LogP contribution is -2.27. The van der Waals surface area contributed by atoms with Crippen molar-refractivity contribution in [3.05, 3.63) is 24.3 Å². The number of carbonyl (C=O) groups is 1. The minimum atomic E-state index is -4.17. The maximum Gasteiger partial charge on any atom is 0.320 e. The normalized spacial score (nSPS) is 12.1. The van der Waals surface area contributed by atoms with Gasteiger partial charge in [-0.3, -0.25) is 9.52 Å². The van der Waals surface area contributed by atoms with Crippen molar-refractivity contribution in [2.75, 3.05) is 17.0 Å². The number of hydrogen-bond donors (Lipinski definition) is 3. The van der Waals surface area contributed by atoms with Crippen molar-refractivity contribution in [3.8, 4) is 0 Å². The van der Waals surface area contributed by atoms with E-state index in [9.17, 15) is 21.6 Å². The monoisotopic (exact) mass is 322 g/mol. The van der Waals surface area contributed by atoms with Gasteiger partial charge in [0.25, 0.3) is 0 Å². The average molecular weight is 322 g/mol. The van der Waals surface area contributed by atoms with Crippen molar-refractivity contribution < 1.29 is 26.7 Å². The molecule has 1 aromatic carbocycles. The minimum absolute atomic E-state index is 0.137. The van der Waals surface area contributed by atoms with E-state index in [1.54, 1.807) is 6.92 Å². The third kappa shape index (κ3) is 4.47. The lowest BCUT2D eigenvalue weighted by molar-refractivity contribution is -0.134. The van der Waals surface area contributed by atoms with E-state index in [4.69, 9.17) is 5.11 Å². The number of carboxylic acid groups (broad SMARTS) is 1. The highest BCUT2D eigenvalue weighted by molar-refractivity contribution is 7.93. The van der Waals surface area contributed by atoms with Crippen LogP contribution in [0.5, 0.6) is 0 Å². The Kier molecular flexibility index (Phi) is 5.09. The SMILES string of the molecule is CCNS(=O)(=O)c1ccccc1NS(=O)(=O)CC(=O)O. The summed E-state index contributed by atoms with van der Waals surface area (Å²) in [5, 5.41) is 8.49. The van der Waals surface area contributed by atoms with Crippen LogP contribution in [0.2, 0.25) is 0 Å². The van der Waals surface area contributed by atoms with Gasteiger partial charge in [0.2, 0.25) is 20.0 Å². The van der Waals surface area contributed by atoms with Crippen molar-refractivity contribution in [2.24, 2.45) is 0 Å². The van der Waals surface area contributed by atoms with E-state index in [2.05, 4.69) is 4.72 Å². The highest BCUT2D eigenvalue weighted by Crippen LogP contribution is 2.21. The van der Waals surface area contributed by atoms with E-state index in [0.29, 0.717) is 0 Å². The molecule has 0 aliphatic carbocycles. The smallest absolute Gasteiger partial charge is 0.320 e. The number of rotatable bonds is 7. The van der Waals surface area contributed by atoms with Crippen molar-refractivity contribution in [1.29, 1.82) is 0 Å². The van der Waals surface area contributed by atoms with E-state index in [0.717, 1.165) is 0 Å². The van der Waals surface area contributed by atoms with Gasteiger partial charge in [0.1, 0.15) is 4.90 Å². The molecule has 0 spiro atoms. The Morgan fingerprint density at radius 3 is 2.35 bits per heavy atom. The molecule has 0 aliphatic heterocycles. The molecule has 8 nitrogen and oxygen atoms in total. The maximum atomic E-state index is 11.9. The zero-order chi connectivity index (χ0) is 15.4. The molecule has 112 valence electrons. The summed E-state index contributed by atoms with van der Waals surface area (Å²) < 4.78 is 51.1. The highest BCUT2D eigenvalue weighted by Gasteiger charge is 2.22. The van der Waals surface area contributed by atoms with Crippen LogP contribution in [0, 0.1) is 0 Å². The summed E-state index contributed by atoms with van der Waals surface area (Å²) in [5.74, 6) is -2.69. The molecule has 0 heterocycles. The number of carboxylic acids is 1. The number of anilines is 1. The zero-order valence-electron chi connectivity index (χ0n) is 10.5. The molecule has 0 saturated carbocycles. The number of hydrogen-bond acceptors (Lipinski definition) is 5. The van der Waals surface area contributed by atoms with Crippen LogP contribution in [0.3, 0.4) is 0 Å². The molecule has 0 bridgehead atoms. The van der Waals surface area contributed by atoms with Crippen LogP contribution in [0.4, 0.5) is 5.69 Å². The van der Waals surface area contributed by atoms with Crippen molar-refractivity contribution in [1.82, 2.24) is 4.72 Å². The van der Waals surface area contributed by atoms with Crippen LogP contribution >= 0.6 is 0 Å². The number of para-hydroxylation sites is 1. The summed E-state index contributed by atoms with van der Waals surface area (Å²) in [6, 6.07) is 5.32. The van der Waals surface area contributed by atoms with E-state index in [1.165, 1.54) is 24.3 Å². The van der Waals surface area contributed by atoms with Crippen LogP contribution < -0.4 is 9.44 Å². The van der Waals surface area contributed by atoms with Gasteiger partial charge in [0, 0.05) is 6.54 Å². The second-order valence-electron chi connectivity index (χ2n) is 3.75. The average Bonchev–Trinajstić information content (AvgIpc) is 2.26. The van der Waals surface area contributed by atoms with E-state index in [1.807, 2.05) is 4.72 Å². The van der Waals surface area contributed by atoms with Crippen LogP contribution in [0.1, 0.15) is 6.92 Å². The molecule has 0 atom stereocenters. The topological polar surface area (TPSA) is 130 Å². The molecular weight excluding hydrogens is 308 g/mol. The molecule has 0 aromatic heterocycles. The zero-order valence-corrected chi connectivity index (χ0v) is 12.2. The summed E-state index contributed by atoms with van der Waals surface area (Å²) in [6.07, 6.45) is 0. The highest BCUT2D eigenvalue weighted by atomic mass is 32.2. The summed E-state index contributed by atoms with van der Waals surface area (Å²) in [7, 11) is -8.04. The molecule has 0 aliphatic rings. The van der Waals surface area contributed by atoms with Gasteiger partial charge in [-0.1, -0.05) is 19.1 Å². The van der Waals surface area contributed by atoms with Crippen molar-refractivity contribution >= 4 is 31.7 Å². The molecule has 1 aromatic rings. The first-order chi connectivity index (χ1) is 9.18.